The Labute approximate surface area is 107 Å². The Hall–Kier alpha value is -2.64. The molecule has 0 aromatic carbocycles. The van der Waals surface area contributed by atoms with E-state index in [-0.39, 0.29) is 13.0 Å². The maximum Gasteiger partial charge on any atom is 0.328 e. The van der Waals surface area contributed by atoms with Crippen molar-refractivity contribution in [3.8, 4) is 0 Å². The topological polar surface area (TPSA) is 121 Å². The van der Waals surface area contributed by atoms with Gasteiger partial charge in [0.05, 0.1) is 0 Å². The second-order valence-electron chi connectivity index (χ2n) is 3.72. The van der Waals surface area contributed by atoms with E-state index in [2.05, 4.69) is 11.9 Å². The Kier molecular flexibility index (Phi) is 4.81. The lowest BCUT2D eigenvalue weighted by Crippen LogP contribution is -2.43. The molecule has 0 aliphatic carbocycles. The van der Waals surface area contributed by atoms with Crippen LogP contribution in [0.4, 0.5) is 0 Å². The third-order valence-electron chi connectivity index (χ3n) is 2.25. The van der Waals surface area contributed by atoms with Crippen LogP contribution >= 0.6 is 0 Å². The van der Waals surface area contributed by atoms with Crippen LogP contribution in [-0.4, -0.2) is 32.6 Å². The number of aliphatic carboxylic acids is 1. The fourth-order valence-electron chi connectivity index (χ4n) is 1.35. The lowest BCUT2D eigenvalue weighted by molar-refractivity contribution is -0.141. The van der Waals surface area contributed by atoms with Gasteiger partial charge < -0.3 is 10.4 Å². The van der Waals surface area contributed by atoms with Crippen LogP contribution < -0.4 is 16.6 Å². The molecule has 0 saturated heterocycles. The van der Waals surface area contributed by atoms with Crippen LogP contribution in [0, 0.1) is 0 Å². The van der Waals surface area contributed by atoms with Crippen molar-refractivity contribution in [2.75, 3.05) is 0 Å². The van der Waals surface area contributed by atoms with E-state index in [1.807, 2.05) is 4.98 Å². The summed E-state index contributed by atoms with van der Waals surface area (Å²) in [4.78, 5) is 46.5. The van der Waals surface area contributed by atoms with Crippen molar-refractivity contribution in [1.29, 1.82) is 0 Å². The zero-order valence-electron chi connectivity index (χ0n) is 9.96. The monoisotopic (exact) mass is 267 g/mol. The van der Waals surface area contributed by atoms with Gasteiger partial charge in [-0.05, 0) is 6.42 Å². The number of aromatic amines is 1. The number of rotatable bonds is 6. The molecule has 1 aromatic rings. The average molecular weight is 267 g/mol. The summed E-state index contributed by atoms with van der Waals surface area (Å²) in [6.45, 7) is 3.01. The highest BCUT2D eigenvalue weighted by atomic mass is 16.4. The molecular formula is C11H13N3O5. The molecule has 102 valence electrons. The Balaban J connectivity index is 2.74. The minimum absolute atomic E-state index is 0.0710. The summed E-state index contributed by atoms with van der Waals surface area (Å²) in [7, 11) is 0. The van der Waals surface area contributed by atoms with Crippen LogP contribution in [0.15, 0.2) is 34.5 Å². The van der Waals surface area contributed by atoms with Crippen LogP contribution in [0.2, 0.25) is 0 Å². The van der Waals surface area contributed by atoms with Crippen molar-refractivity contribution < 1.29 is 14.7 Å². The molecule has 0 aliphatic rings. The van der Waals surface area contributed by atoms with E-state index in [4.69, 9.17) is 5.11 Å². The molecule has 3 N–H and O–H groups in total. The minimum Gasteiger partial charge on any atom is -0.480 e. The number of carbonyl (C=O) groups is 2. The van der Waals surface area contributed by atoms with Gasteiger partial charge in [-0.2, -0.15) is 0 Å². The van der Waals surface area contributed by atoms with Gasteiger partial charge in [-0.25, -0.2) is 9.59 Å². The number of nitrogens with zero attached hydrogens (tertiary/aromatic N) is 1. The van der Waals surface area contributed by atoms with Gasteiger partial charge in [-0.3, -0.25) is 19.1 Å². The SMILES string of the molecule is C=CCC(NC(=O)Cn1ccc(=O)[nH]c1=O)C(=O)O. The molecule has 1 unspecified atom stereocenters. The van der Waals surface area contributed by atoms with Gasteiger partial charge in [0.15, 0.2) is 0 Å². The third kappa shape index (κ3) is 4.26. The lowest BCUT2D eigenvalue weighted by atomic mass is 10.2. The second kappa shape index (κ2) is 6.34. The molecular weight excluding hydrogens is 254 g/mol. The zero-order chi connectivity index (χ0) is 14.4. The van der Waals surface area contributed by atoms with Gasteiger partial charge in [0.1, 0.15) is 12.6 Å². The van der Waals surface area contributed by atoms with Crippen LogP contribution in [-0.2, 0) is 16.1 Å². The van der Waals surface area contributed by atoms with Gasteiger partial charge >= 0.3 is 11.7 Å². The number of carbonyl (C=O) groups excluding carboxylic acids is 1. The largest absolute Gasteiger partial charge is 0.480 e. The molecule has 0 bridgehead atoms. The molecule has 1 aromatic heterocycles. The molecule has 8 nitrogen and oxygen atoms in total. The Morgan fingerprint density at radius 3 is 2.74 bits per heavy atom. The number of hydrogen-bond donors (Lipinski definition) is 3. The molecule has 8 heteroatoms. The number of carboxylic acid groups (broad SMARTS) is 1. The molecule has 1 atom stereocenters. The van der Waals surface area contributed by atoms with E-state index < -0.39 is 29.2 Å². The van der Waals surface area contributed by atoms with Gasteiger partial charge in [0, 0.05) is 12.3 Å². The van der Waals surface area contributed by atoms with Crippen LogP contribution in [0.1, 0.15) is 6.42 Å². The molecule has 1 rings (SSSR count). The fraction of sp³-hybridized carbons (Fsp3) is 0.273. The van der Waals surface area contributed by atoms with Crippen molar-refractivity contribution >= 4 is 11.9 Å². The smallest absolute Gasteiger partial charge is 0.328 e. The molecule has 19 heavy (non-hydrogen) atoms. The highest BCUT2D eigenvalue weighted by molar-refractivity contribution is 5.83. The highest BCUT2D eigenvalue weighted by Crippen LogP contribution is 1.93. The van der Waals surface area contributed by atoms with Crippen LogP contribution in [0.3, 0.4) is 0 Å². The van der Waals surface area contributed by atoms with Crippen LogP contribution in [0.25, 0.3) is 0 Å². The quantitative estimate of drug-likeness (QED) is 0.552. The Morgan fingerprint density at radius 2 is 2.21 bits per heavy atom. The lowest BCUT2D eigenvalue weighted by Gasteiger charge is -2.12. The van der Waals surface area contributed by atoms with Gasteiger partial charge in [-0.1, -0.05) is 6.08 Å². The summed E-state index contributed by atoms with van der Waals surface area (Å²) in [5, 5.41) is 11.1. The molecule has 1 heterocycles. The van der Waals surface area contributed by atoms with Crippen molar-refractivity contribution in [2.45, 2.75) is 19.0 Å². The van der Waals surface area contributed by atoms with Crippen molar-refractivity contribution in [2.24, 2.45) is 0 Å². The molecule has 0 fully saturated rings. The predicted octanol–water partition coefficient (Wildman–Crippen LogP) is -1.32. The third-order valence-corrected chi connectivity index (χ3v) is 2.25. The van der Waals surface area contributed by atoms with E-state index in [1.54, 1.807) is 0 Å². The van der Waals surface area contributed by atoms with Crippen molar-refractivity contribution in [1.82, 2.24) is 14.9 Å². The number of hydrogen-bond acceptors (Lipinski definition) is 4. The Morgan fingerprint density at radius 1 is 1.53 bits per heavy atom. The van der Waals surface area contributed by atoms with E-state index >= 15 is 0 Å². The summed E-state index contributed by atoms with van der Waals surface area (Å²) in [5.41, 5.74) is -1.31. The zero-order valence-corrected chi connectivity index (χ0v) is 9.96. The fourth-order valence-corrected chi connectivity index (χ4v) is 1.35. The first-order valence-corrected chi connectivity index (χ1v) is 5.37. The summed E-state index contributed by atoms with van der Waals surface area (Å²) in [5.74, 6) is -1.84. The number of nitrogens with one attached hydrogen (secondary N) is 2. The Bertz CT molecular complexity index is 601. The average Bonchev–Trinajstić information content (AvgIpc) is 2.32. The summed E-state index contributed by atoms with van der Waals surface area (Å²) >= 11 is 0. The van der Waals surface area contributed by atoms with Gasteiger partial charge in [0.2, 0.25) is 5.91 Å². The standard InChI is InChI=1S/C11H13N3O5/c1-2-3-7(10(17)18)12-9(16)6-14-5-4-8(15)13-11(14)19/h2,4-5,7H,1,3,6H2,(H,12,16)(H,17,18)(H,13,15,19). The van der Waals surface area contributed by atoms with Gasteiger partial charge in [0.25, 0.3) is 5.56 Å². The maximum atomic E-state index is 11.6. The number of carboxylic acids is 1. The second-order valence-corrected chi connectivity index (χ2v) is 3.72. The molecule has 0 spiro atoms. The summed E-state index contributed by atoms with van der Waals surface area (Å²) < 4.78 is 0.962. The van der Waals surface area contributed by atoms with Crippen LogP contribution in [0.5, 0.6) is 0 Å². The minimum atomic E-state index is -1.19. The molecule has 0 radical (unpaired) electrons. The molecule has 1 amide bonds. The summed E-state index contributed by atoms with van der Waals surface area (Å²) in [6.07, 6.45) is 2.59. The number of H-pyrrole nitrogens is 1. The highest BCUT2D eigenvalue weighted by Gasteiger charge is 2.18. The van der Waals surface area contributed by atoms with E-state index in [0.29, 0.717) is 0 Å². The van der Waals surface area contributed by atoms with E-state index in [0.717, 1.165) is 16.8 Å². The normalized spacial score (nSPS) is 11.6. The molecule has 0 saturated carbocycles. The van der Waals surface area contributed by atoms with Crippen molar-refractivity contribution in [3.63, 3.8) is 0 Å². The number of aromatic nitrogens is 2. The predicted molar refractivity (Wildman–Crippen MR) is 65.7 cm³/mol. The van der Waals surface area contributed by atoms with E-state index in [9.17, 15) is 19.2 Å². The number of amides is 1. The first-order chi connectivity index (χ1) is 8.93. The van der Waals surface area contributed by atoms with E-state index in [1.165, 1.54) is 6.08 Å². The maximum absolute atomic E-state index is 11.6. The first-order valence-electron chi connectivity index (χ1n) is 5.37. The van der Waals surface area contributed by atoms with Crippen molar-refractivity contribution in [3.05, 3.63) is 45.8 Å². The first kappa shape index (κ1) is 14.4. The summed E-state index contributed by atoms with van der Waals surface area (Å²) in [6, 6.07) is -0.00364. The van der Waals surface area contributed by atoms with Gasteiger partial charge in [-0.15, -0.1) is 6.58 Å². The molecule has 0 aliphatic heterocycles.